The number of carbonyl (C=O) groups is 1. The van der Waals surface area contributed by atoms with Gasteiger partial charge in [0, 0.05) is 18.8 Å². The molecule has 5 nitrogen and oxygen atoms in total. The first-order valence-electron chi connectivity index (χ1n) is 6.57. The molecular weight excluding hydrogens is 244 g/mol. The van der Waals surface area contributed by atoms with Crippen molar-refractivity contribution in [3.8, 4) is 0 Å². The monoisotopic (exact) mass is 264 g/mol. The summed E-state index contributed by atoms with van der Waals surface area (Å²) in [5.41, 5.74) is 0.332. The van der Waals surface area contributed by atoms with Crippen LogP contribution in [0.4, 0.5) is 5.82 Å². The Bertz CT molecular complexity index is 486. The predicted octanol–water partition coefficient (Wildman–Crippen LogP) is 1.83. The van der Waals surface area contributed by atoms with Gasteiger partial charge in [-0.3, -0.25) is 0 Å². The van der Waals surface area contributed by atoms with Gasteiger partial charge in [-0.05, 0) is 45.2 Å². The quantitative estimate of drug-likeness (QED) is 0.852. The van der Waals surface area contributed by atoms with Crippen molar-refractivity contribution in [2.24, 2.45) is 0 Å². The van der Waals surface area contributed by atoms with E-state index in [1.54, 1.807) is 19.1 Å². The van der Waals surface area contributed by atoms with Crippen molar-refractivity contribution < 1.29 is 15.0 Å². The number of carboxylic acid groups (broad SMARTS) is 1. The Morgan fingerprint density at radius 1 is 1.37 bits per heavy atom. The van der Waals surface area contributed by atoms with Gasteiger partial charge in [0.1, 0.15) is 5.82 Å². The maximum Gasteiger partial charge on any atom is 0.335 e. The van der Waals surface area contributed by atoms with E-state index in [4.69, 9.17) is 5.11 Å². The number of aromatic nitrogens is 1. The van der Waals surface area contributed by atoms with Gasteiger partial charge in [-0.15, -0.1) is 0 Å². The molecule has 0 bridgehead atoms. The summed E-state index contributed by atoms with van der Waals surface area (Å²) in [7, 11) is 0. The number of aliphatic hydroxyl groups is 1. The van der Waals surface area contributed by atoms with Gasteiger partial charge in [0.15, 0.2) is 0 Å². The lowest BCUT2D eigenvalue weighted by Crippen LogP contribution is -2.29. The number of anilines is 1. The fraction of sp³-hybridized carbons (Fsp3) is 0.571. The topological polar surface area (TPSA) is 73.7 Å². The molecule has 1 saturated heterocycles. The number of carboxylic acids is 1. The normalized spacial score (nSPS) is 24.1. The highest BCUT2D eigenvalue weighted by Crippen LogP contribution is 2.25. The molecule has 2 rings (SSSR count). The molecule has 0 amide bonds. The molecule has 0 aliphatic carbocycles. The molecule has 1 aromatic rings. The summed E-state index contributed by atoms with van der Waals surface area (Å²) >= 11 is 0. The maximum atomic E-state index is 11.1. The number of aromatic carboxylic acids is 1. The van der Waals surface area contributed by atoms with Crippen LogP contribution in [0.15, 0.2) is 12.1 Å². The van der Waals surface area contributed by atoms with Gasteiger partial charge in [0.25, 0.3) is 0 Å². The molecule has 5 heteroatoms. The van der Waals surface area contributed by atoms with E-state index in [1.807, 2.05) is 6.92 Å². The average molecular weight is 264 g/mol. The van der Waals surface area contributed by atoms with Crippen LogP contribution in [0.5, 0.6) is 0 Å². The lowest BCUT2D eigenvalue weighted by Gasteiger charge is -2.23. The third kappa shape index (κ3) is 3.44. The van der Waals surface area contributed by atoms with Crippen molar-refractivity contribution in [3.63, 3.8) is 0 Å². The van der Waals surface area contributed by atoms with Gasteiger partial charge in [-0.25, -0.2) is 9.78 Å². The maximum absolute atomic E-state index is 11.1. The van der Waals surface area contributed by atoms with Crippen molar-refractivity contribution >= 4 is 11.8 Å². The summed E-state index contributed by atoms with van der Waals surface area (Å²) < 4.78 is 0. The first-order chi connectivity index (χ1) is 8.87. The molecule has 0 saturated carbocycles. The highest BCUT2D eigenvalue weighted by atomic mass is 16.4. The van der Waals surface area contributed by atoms with Gasteiger partial charge in [0.2, 0.25) is 0 Å². The van der Waals surface area contributed by atoms with Gasteiger partial charge in [-0.2, -0.15) is 0 Å². The van der Waals surface area contributed by atoms with Crippen molar-refractivity contribution in [3.05, 3.63) is 23.4 Å². The van der Waals surface area contributed by atoms with Crippen LogP contribution in [0.2, 0.25) is 0 Å². The fourth-order valence-electron chi connectivity index (χ4n) is 2.43. The fourth-order valence-corrected chi connectivity index (χ4v) is 2.43. The molecule has 1 atom stereocenters. The van der Waals surface area contributed by atoms with E-state index in [-0.39, 0.29) is 5.56 Å². The van der Waals surface area contributed by atoms with E-state index in [9.17, 15) is 9.90 Å². The highest BCUT2D eigenvalue weighted by molar-refractivity contribution is 5.88. The summed E-state index contributed by atoms with van der Waals surface area (Å²) in [4.78, 5) is 17.5. The smallest absolute Gasteiger partial charge is 0.335 e. The van der Waals surface area contributed by atoms with Crippen LogP contribution < -0.4 is 4.90 Å². The highest BCUT2D eigenvalue weighted by Gasteiger charge is 2.25. The SMILES string of the molecule is Cc1cc(C(=O)O)cc(N2CCCC(C)(O)CC2)n1. The Morgan fingerprint density at radius 3 is 2.79 bits per heavy atom. The number of aryl methyl sites for hydroxylation is 1. The Labute approximate surface area is 112 Å². The molecule has 1 aliphatic rings. The molecule has 0 aromatic carbocycles. The van der Waals surface area contributed by atoms with Crippen molar-refractivity contribution in [2.75, 3.05) is 18.0 Å². The second-order valence-corrected chi connectivity index (χ2v) is 5.50. The number of hydrogen-bond donors (Lipinski definition) is 2. The van der Waals surface area contributed by atoms with E-state index >= 15 is 0 Å². The molecule has 1 aromatic heterocycles. The molecule has 104 valence electrons. The second-order valence-electron chi connectivity index (χ2n) is 5.50. The third-order valence-corrected chi connectivity index (χ3v) is 3.57. The minimum atomic E-state index is -0.937. The van der Waals surface area contributed by atoms with Gasteiger partial charge in [0.05, 0.1) is 11.2 Å². The molecule has 1 aliphatic heterocycles. The predicted molar refractivity (Wildman–Crippen MR) is 72.6 cm³/mol. The van der Waals surface area contributed by atoms with Crippen molar-refractivity contribution in [1.82, 2.24) is 4.98 Å². The zero-order valence-electron chi connectivity index (χ0n) is 11.4. The first-order valence-corrected chi connectivity index (χ1v) is 6.57. The summed E-state index contributed by atoms with van der Waals surface area (Å²) in [6.07, 6.45) is 2.32. The number of nitrogens with zero attached hydrogens (tertiary/aromatic N) is 2. The van der Waals surface area contributed by atoms with E-state index in [2.05, 4.69) is 9.88 Å². The molecule has 1 unspecified atom stereocenters. The molecule has 0 spiro atoms. The van der Waals surface area contributed by atoms with Crippen molar-refractivity contribution in [1.29, 1.82) is 0 Å². The standard InChI is InChI=1S/C14H20N2O3/c1-10-8-11(13(17)18)9-12(15-10)16-6-3-4-14(2,19)5-7-16/h8-9,19H,3-7H2,1-2H3,(H,17,18). The van der Waals surface area contributed by atoms with Crippen LogP contribution >= 0.6 is 0 Å². The molecule has 0 radical (unpaired) electrons. The first kappa shape index (κ1) is 13.8. The van der Waals surface area contributed by atoms with Gasteiger partial charge >= 0.3 is 5.97 Å². The van der Waals surface area contributed by atoms with Crippen LogP contribution in [-0.2, 0) is 0 Å². The van der Waals surface area contributed by atoms with E-state index in [1.165, 1.54) is 0 Å². The zero-order valence-corrected chi connectivity index (χ0v) is 11.4. The molecule has 2 N–H and O–H groups in total. The Balaban J connectivity index is 2.24. The van der Waals surface area contributed by atoms with E-state index < -0.39 is 11.6 Å². The van der Waals surface area contributed by atoms with E-state index in [0.29, 0.717) is 24.5 Å². The van der Waals surface area contributed by atoms with Crippen LogP contribution in [0.3, 0.4) is 0 Å². The molecule has 2 heterocycles. The third-order valence-electron chi connectivity index (χ3n) is 3.57. The minimum absolute atomic E-state index is 0.263. The van der Waals surface area contributed by atoms with Crippen LogP contribution in [-0.4, -0.2) is 39.9 Å². The lowest BCUT2D eigenvalue weighted by atomic mass is 9.98. The van der Waals surface area contributed by atoms with E-state index in [0.717, 1.165) is 19.4 Å². The number of pyridine rings is 1. The number of hydrogen-bond acceptors (Lipinski definition) is 4. The summed E-state index contributed by atoms with van der Waals surface area (Å²) in [6, 6.07) is 3.18. The Hall–Kier alpha value is -1.62. The summed E-state index contributed by atoms with van der Waals surface area (Å²) in [5.74, 6) is -0.247. The molecular formula is C14H20N2O3. The number of rotatable bonds is 2. The van der Waals surface area contributed by atoms with Crippen LogP contribution in [0, 0.1) is 6.92 Å². The van der Waals surface area contributed by atoms with Gasteiger partial charge in [-0.1, -0.05) is 0 Å². The molecule has 1 fully saturated rings. The minimum Gasteiger partial charge on any atom is -0.478 e. The largest absolute Gasteiger partial charge is 0.478 e. The lowest BCUT2D eigenvalue weighted by molar-refractivity contribution is 0.0481. The second kappa shape index (κ2) is 5.17. The Morgan fingerprint density at radius 2 is 2.11 bits per heavy atom. The van der Waals surface area contributed by atoms with Crippen molar-refractivity contribution in [2.45, 2.75) is 38.7 Å². The van der Waals surface area contributed by atoms with Gasteiger partial charge < -0.3 is 15.1 Å². The zero-order chi connectivity index (χ0) is 14.0. The molecule has 19 heavy (non-hydrogen) atoms. The Kier molecular flexibility index (Phi) is 3.75. The average Bonchev–Trinajstić information content (AvgIpc) is 2.49. The van der Waals surface area contributed by atoms with Crippen LogP contribution in [0.1, 0.15) is 42.2 Å². The van der Waals surface area contributed by atoms with Crippen LogP contribution in [0.25, 0.3) is 0 Å². The summed E-state index contributed by atoms with van der Waals surface area (Å²) in [6.45, 7) is 5.14. The summed E-state index contributed by atoms with van der Waals surface area (Å²) in [5, 5.41) is 19.2.